The van der Waals surface area contributed by atoms with Crippen LogP contribution in [-0.4, -0.2) is 48.8 Å². The number of hydrogen-bond acceptors (Lipinski definition) is 4. The van der Waals surface area contributed by atoms with Gasteiger partial charge in [-0.25, -0.2) is 0 Å². The van der Waals surface area contributed by atoms with Crippen LogP contribution in [0.4, 0.5) is 0 Å². The van der Waals surface area contributed by atoms with Crippen LogP contribution in [-0.2, 0) is 14.3 Å². The fraction of sp³-hybridized carbons (Fsp3) is 0.889. The topological polar surface area (TPSA) is 38.8 Å². The molecule has 80 valence electrons. The van der Waals surface area contributed by atoms with Crippen molar-refractivity contribution in [3.8, 4) is 0 Å². The number of esters is 1. The van der Waals surface area contributed by atoms with Crippen molar-refractivity contribution in [1.29, 1.82) is 0 Å². The molecule has 14 heavy (non-hydrogen) atoms. The number of carbonyl (C=O) groups excluding carboxylic acids is 1. The Balaban J connectivity index is 2.09. The van der Waals surface area contributed by atoms with E-state index in [1.165, 1.54) is 7.11 Å². The standard InChI is InChI=1S/C9H14ClNO3/c1-13-9-7(6(10)8(12)14-9)11-4-2-3-5-11/h6-7,9H,2-5H2,1H3. The molecule has 4 nitrogen and oxygen atoms in total. The summed E-state index contributed by atoms with van der Waals surface area (Å²) < 4.78 is 10.1. The Labute approximate surface area is 88.1 Å². The first-order chi connectivity index (χ1) is 6.74. The zero-order valence-corrected chi connectivity index (χ0v) is 8.87. The van der Waals surface area contributed by atoms with Gasteiger partial charge in [0, 0.05) is 7.11 Å². The van der Waals surface area contributed by atoms with Crippen molar-refractivity contribution in [2.24, 2.45) is 0 Å². The minimum atomic E-state index is -0.585. The molecule has 0 aliphatic carbocycles. The number of hydrogen-bond donors (Lipinski definition) is 0. The van der Waals surface area contributed by atoms with Crippen molar-refractivity contribution in [2.45, 2.75) is 30.6 Å². The molecule has 0 spiro atoms. The lowest BCUT2D eigenvalue weighted by Gasteiger charge is -2.26. The second kappa shape index (κ2) is 4.04. The lowest BCUT2D eigenvalue weighted by atomic mass is 10.2. The highest BCUT2D eigenvalue weighted by Gasteiger charge is 2.47. The van der Waals surface area contributed by atoms with E-state index < -0.39 is 11.7 Å². The molecule has 0 amide bonds. The molecular weight excluding hydrogens is 206 g/mol. The molecule has 2 aliphatic heterocycles. The first-order valence-corrected chi connectivity index (χ1v) is 5.29. The van der Waals surface area contributed by atoms with Crippen molar-refractivity contribution < 1.29 is 14.3 Å². The number of nitrogens with zero attached hydrogens (tertiary/aromatic N) is 1. The van der Waals surface area contributed by atoms with E-state index >= 15 is 0 Å². The molecule has 0 radical (unpaired) electrons. The van der Waals surface area contributed by atoms with E-state index in [0.29, 0.717) is 0 Å². The molecule has 0 N–H and O–H groups in total. The van der Waals surface area contributed by atoms with Crippen LogP contribution in [0.25, 0.3) is 0 Å². The van der Waals surface area contributed by atoms with Crippen LogP contribution in [0, 0.1) is 0 Å². The Hall–Kier alpha value is -0.320. The number of carbonyl (C=O) groups is 1. The normalized spacial score (nSPS) is 39.0. The average molecular weight is 220 g/mol. The van der Waals surface area contributed by atoms with E-state index in [1.54, 1.807) is 0 Å². The largest absolute Gasteiger partial charge is 0.433 e. The first kappa shape index (κ1) is 10.2. The predicted octanol–water partition coefficient (Wildman–Crippen LogP) is 0.588. The van der Waals surface area contributed by atoms with E-state index in [0.717, 1.165) is 25.9 Å². The van der Waals surface area contributed by atoms with Crippen LogP contribution >= 0.6 is 11.6 Å². The van der Waals surface area contributed by atoms with Gasteiger partial charge in [-0.15, -0.1) is 11.6 Å². The molecule has 0 aromatic carbocycles. The predicted molar refractivity (Wildman–Crippen MR) is 51.1 cm³/mol. The molecule has 3 atom stereocenters. The van der Waals surface area contributed by atoms with Gasteiger partial charge >= 0.3 is 5.97 Å². The Kier molecular flexibility index (Phi) is 2.95. The number of rotatable bonds is 2. The van der Waals surface area contributed by atoms with Crippen LogP contribution in [0.5, 0.6) is 0 Å². The third-order valence-corrected chi connectivity index (χ3v) is 3.27. The van der Waals surface area contributed by atoms with Crippen molar-refractivity contribution in [1.82, 2.24) is 4.90 Å². The third kappa shape index (κ3) is 1.62. The van der Waals surface area contributed by atoms with Crippen LogP contribution in [0.2, 0.25) is 0 Å². The van der Waals surface area contributed by atoms with Gasteiger partial charge in [0.1, 0.15) is 0 Å². The molecule has 2 heterocycles. The molecule has 2 aliphatic rings. The van der Waals surface area contributed by atoms with Gasteiger partial charge in [-0.3, -0.25) is 9.69 Å². The Morgan fingerprint density at radius 1 is 1.50 bits per heavy atom. The summed E-state index contributed by atoms with van der Waals surface area (Å²) in [6.45, 7) is 1.95. The molecule has 0 aromatic heterocycles. The number of ether oxygens (including phenoxy) is 2. The highest BCUT2D eigenvalue weighted by Crippen LogP contribution is 2.28. The van der Waals surface area contributed by atoms with Crippen molar-refractivity contribution in [3.63, 3.8) is 0 Å². The summed E-state index contributed by atoms with van der Waals surface area (Å²) in [5, 5.41) is -0.585. The van der Waals surface area contributed by atoms with E-state index in [1.807, 2.05) is 0 Å². The number of cyclic esters (lactones) is 1. The fourth-order valence-electron chi connectivity index (χ4n) is 2.11. The molecule has 2 rings (SSSR count). The molecule has 0 aromatic rings. The molecule has 2 saturated heterocycles. The summed E-state index contributed by atoms with van der Waals surface area (Å²) in [6.07, 6.45) is 1.82. The summed E-state index contributed by atoms with van der Waals surface area (Å²) in [5.41, 5.74) is 0. The average Bonchev–Trinajstić information content (AvgIpc) is 2.76. The zero-order valence-electron chi connectivity index (χ0n) is 8.11. The molecule has 2 fully saturated rings. The number of alkyl halides is 1. The van der Waals surface area contributed by atoms with Crippen molar-refractivity contribution in [2.75, 3.05) is 20.2 Å². The lowest BCUT2D eigenvalue weighted by Crippen LogP contribution is -2.44. The van der Waals surface area contributed by atoms with Gasteiger partial charge in [-0.1, -0.05) is 0 Å². The van der Waals surface area contributed by atoms with Crippen molar-refractivity contribution >= 4 is 17.6 Å². The highest BCUT2D eigenvalue weighted by atomic mass is 35.5. The van der Waals surface area contributed by atoms with Crippen molar-refractivity contribution in [3.05, 3.63) is 0 Å². The lowest BCUT2D eigenvalue weighted by molar-refractivity contribution is -0.162. The number of likely N-dealkylation sites (tertiary alicyclic amines) is 1. The molecule has 3 unspecified atom stereocenters. The summed E-state index contributed by atoms with van der Waals surface area (Å²) >= 11 is 5.99. The van der Waals surface area contributed by atoms with E-state index in [4.69, 9.17) is 21.1 Å². The Morgan fingerprint density at radius 2 is 2.14 bits per heavy atom. The van der Waals surface area contributed by atoms with Gasteiger partial charge in [0.15, 0.2) is 5.38 Å². The van der Waals surface area contributed by atoms with Gasteiger partial charge in [0.05, 0.1) is 6.04 Å². The maximum Gasteiger partial charge on any atom is 0.328 e. The van der Waals surface area contributed by atoms with Crippen LogP contribution in [0.15, 0.2) is 0 Å². The SMILES string of the molecule is COC1OC(=O)C(Cl)C1N1CCCC1. The van der Waals surface area contributed by atoms with Crippen LogP contribution in [0.1, 0.15) is 12.8 Å². The van der Waals surface area contributed by atoms with Gasteiger partial charge in [0.2, 0.25) is 6.29 Å². The summed E-state index contributed by atoms with van der Waals surface area (Å²) in [4.78, 5) is 13.4. The van der Waals surface area contributed by atoms with Gasteiger partial charge in [-0.2, -0.15) is 0 Å². The Bertz CT molecular complexity index is 230. The third-order valence-electron chi connectivity index (χ3n) is 2.83. The van der Waals surface area contributed by atoms with E-state index in [9.17, 15) is 4.79 Å². The van der Waals surface area contributed by atoms with E-state index in [2.05, 4.69) is 4.90 Å². The summed E-state index contributed by atoms with van der Waals surface area (Å²) in [6, 6.07) is -0.114. The number of halogens is 1. The monoisotopic (exact) mass is 219 g/mol. The van der Waals surface area contributed by atoms with E-state index in [-0.39, 0.29) is 12.0 Å². The summed E-state index contributed by atoms with van der Waals surface area (Å²) in [7, 11) is 1.54. The summed E-state index contributed by atoms with van der Waals surface area (Å²) in [5.74, 6) is -0.365. The molecule has 0 saturated carbocycles. The quantitative estimate of drug-likeness (QED) is 0.503. The van der Waals surface area contributed by atoms with Gasteiger partial charge in [0.25, 0.3) is 0 Å². The second-order valence-corrected chi connectivity index (χ2v) is 4.15. The van der Waals surface area contributed by atoms with Gasteiger partial charge < -0.3 is 9.47 Å². The fourth-order valence-corrected chi connectivity index (χ4v) is 2.44. The molecule has 0 bridgehead atoms. The maximum atomic E-state index is 11.2. The smallest absolute Gasteiger partial charge is 0.328 e. The second-order valence-electron chi connectivity index (χ2n) is 3.68. The van der Waals surface area contributed by atoms with Gasteiger partial charge in [-0.05, 0) is 25.9 Å². The van der Waals surface area contributed by atoms with Crippen LogP contribution in [0.3, 0.4) is 0 Å². The molecular formula is C9H14ClNO3. The Morgan fingerprint density at radius 3 is 2.71 bits per heavy atom. The highest BCUT2D eigenvalue weighted by molar-refractivity contribution is 6.31. The first-order valence-electron chi connectivity index (χ1n) is 4.85. The van der Waals surface area contributed by atoms with Crippen LogP contribution < -0.4 is 0 Å². The minimum absolute atomic E-state index is 0.114. The number of methoxy groups -OCH3 is 1. The maximum absolute atomic E-state index is 11.2. The molecule has 5 heteroatoms. The zero-order chi connectivity index (χ0) is 10.1. The minimum Gasteiger partial charge on any atom is -0.433 e.